The smallest absolute Gasteiger partial charge is 0.264 e. The van der Waals surface area contributed by atoms with Crippen LogP contribution < -0.4 is 10.9 Å². The fourth-order valence-corrected chi connectivity index (χ4v) is 3.96. The Labute approximate surface area is 184 Å². The van der Waals surface area contributed by atoms with Gasteiger partial charge in [-0.05, 0) is 36.6 Å². The number of hydrogen-bond donors (Lipinski definition) is 2. The first kappa shape index (κ1) is 20.1. The first-order valence-electron chi connectivity index (χ1n) is 9.65. The molecule has 3 aromatic heterocycles. The van der Waals surface area contributed by atoms with Crippen LogP contribution in [0.3, 0.4) is 0 Å². The van der Waals surface area contributed by atoms with Crippen molar-refractivity contribution in [3.63, 3.8) is 0 Å². The van der Waals surface area contributed by atoms with Crippen molar-refractivity contribution in [3.8, 4) is 5.69 Å². The van der Waals surface area contributed by atoms with Crippen molar-refractivity contribution in [2.24, 2.45) is 0 Å². The molecule has 2 N–H and O–H groups in total. The lowest BCUT2D eigenvalue weighted by Crippen LogP contribution is -2.26. The molecule has 5 aromatic rings. The fraction of sp³-hybridized carbons (Fsp3) is 0.0909. The van der Waals surface area contributed by atoms with E-state index in [1.165, 1.54) is 47.6 Å². The van der Waals surface area contributed by atoms with Crippen molar-refractivity contribution in [1.29, 1.82) is 0 Å². The maximum atomic E-state index is 14.8. The van der Waals surface area contributed by atoms with Crippen molar-refractivity contribution in [2.45, 2.75) is 13.0 Å². The van der Waals surface area contributed by atoms with Crippen molar-refractivity contribution in [3.05, 3.63) is 87.8 Å². The number of hydrogen-bond acceptors (Lipinski definition) is 5. The number of anilines is 1. The number of para-hydroxylation sites is 1. The summed E-state index contributed by atoms with van der Waals surface area (Å²) in [4.78, 5) is 28.9. The van der Waals surface area contributed by atoms with Crippen LogP contribution in [0.5, 0.6) is 0 Å². The molecular weight excluding hydrogens is 438 g/mol. The molecule has 0 amide bonds. The number of imidazole rings is 1. The van der Waals surface area contributed by atoms with Gasteiger partial charge in [-0.25, -0.2) is 23.7 Å². The Morgan fingerprint density at radius 2 is 1.91 bits per heavy atom. The van der Waals surface area contributed by atoms with Crippen molar-refractivity contribution >= 4 is 39.4 Å². The number of H-pyrrole nitrogens is 1. The van der Waals surface area contributed by atoms with Gasteiger partial charge in [-0.15, -0.1) is 0 Å². The molecule has 0 aliphatic heterocycles. The van der Waals surface area contributed by atoms with Gasteiger partial charge in [0.15, 0.2) is 11.5 Å². The van der Waals surface area contributed by atoms with Gasteiger partial charge in [0.25, 0.3) is 5.56 Å². The van der Waals surface area contributed by atoms with Gasteiger partial charge in [0, 0.05) is 5.69 Å². The first-order chi connectivity index (χ1) is 15.5. The van der Waals surface area contributed by atoms with Gasteiger partial charge in [-0.2, -0.15) is 0 Å². The monoisotopic (exact) mass is 452 g/mol. The summed E-state index contributed by atoms with van der Waals surface area (Å²) in [6, 6.07) is 9.67. The van der Waals surface area contributed by atoms with Crippen LogP contribution in [-0.4, -0.2) is 24.5 Å². The lowest BCUT2D eigenvalue weighted by Gasteiger charge is -2.22. The van der Waals surface area contributed by atoms with E-state index in [1.54, 1.807) is 19.1 Å². The molecule has 160 valence electrons. The van der Waals surface area contributed by atoms with Gasteiger partial charge in [0.2, 0.25) is 0 Å². The van der Waals surface area contributed by atoms with Gasteiger partial charge in [0.1, 0.15) is 23.5 Å². The van der Waals surface area contributed by atoms with Gasteiger partial charge >= 0.3 is 0 Å². The number of aromatic nitrogens is 5. The van der Waals surface area contributed by atoms with E-state index in [0.29, 0.717) is 28.1 Å². The van der Waals surface area contributed by atoms with E-state index in [2.05, 4.69) is 25.3 Å². The van der Waals surface area contributed by atoms with Crippen LogP contribution in [0.1, 0.15) is 18.7 Å². The summed E-state index contributed by atoms with van der Waals surface area (Å²) in [5.41, 5.74) is 0.883. The lowest BCUT2D eigenvalue weighted by atomic mass is 10.1. The largest absolute Gasteiger partial charge is 0.360 e. The number of nitrogens with one attached hydrogen (secondary N) is 2. The van der Waals surface area contributed by atoms with Gasteiger partial charge < -0.3 is 10.3 Å². The lowest BCUT2D eigenvalue weighted by molar-refractivity contribution is 0.610. The average molecular weight is 453 g/mol. The first-order valence-corrected chi connectivity index (χ1v) is 10.0. The molecule has 0 saturated carbocycles. The molecule has 5 rings (SSSR count). The number of halogens is 3. The normalized spacial score (nSPS) is 12.4. The molecule has 2 aromatic carbocycles. The number of aromatic amines is 1. The zero-order chi connectivity index (χ0) is 22.4. The maximum absolute atomic E-state index is 14.8. The molecule has 0 aliphatic carbocycles. The second-order valence-corrected chi connectivity index (χ2v) is 7.55. The van der Waals surface area contributed by atoms with Gasteiger partial charge in [-0.3, -0.25) is 9.36 Å². The second-order valence-electron chi connectivity index (χ2n) is 7.17. The predicted molar refractivity (Wildman–Crippen MR) is 118 cm³/mol. The van der Waals surface area contributed by atoms with E-state index in [0.717, 1.165) is 0 Å². The van der Waals surface area contributed by atoms with E-state index < -0.39 is 23.2 Å². The molecule has 3 heterocycles. The highest BCUT2D eigenvalue weighted by Crippen LogP contribution is 2.29. The van der Waals surface area contributed by atoms with Crippen LogP contribution in [0, 0.1) is 11.6 Å². The Morgan fingerprint density at radius 3 is 2.72 bits per heavy atom. The summed E-state index contributed by atoms with van der Waals surface area (Å²) >= 11 is 6.12. The summed E-state index contributed by atoms with van der Waals surface area (Å²) in [5.74, 6) is -0.891. The molecule has 0 saturated heterocycles. The highest BCUT2D eigenvalue weighted by Gasteiger charge is 2.21. The Balaban J connectivity index is 1.75. The molecule has 0 radical (unpaired) electrons. The molecule has 0 spiro atoms. The third-order valence-corrected chi connectivity index (χ3v) is 5.58. The van der Waals surface area contributed by atoms with Crippen LogP contribution in [0.25, 0.3) is 27.6 Å². The number of nitrogens with zero attached hydrogens (tertiary/aromatic N) is 4. The highest BCUT2D eigenvalue weighted by molar-refractivity contribution is 6.35. The number of benzene rings is 2. The minimum atomic E-state index is -0.725. The van der Waals surface area contributed by atoms with Crippen molar-refractivity contribution in [2.75, 3.05) is 5.32 Å². The van der Waals surface area contributed by atoms with Crippen LogP contribution in [-0.2, 0) is 0 Å². The Hall–Kier alpha value is -3.85. The average Bonchev–Trinajstić information content (AvgIpc) is 3.27. The topological polar surface area (TPSA) is 88.5 Å². The summed E-state index contributed by atoms with van der Waals surface area (Å²) in [6.45, 7) is 1.80. The molecule has 7 nitrogen and oxygen atoms in total. The van der Waals surface area contributed by atoms with E-state index >= 15 is 0 Å². The summed E-state index contributed by atoms with van der Waals surface area (Å²) < 4.78 is 30.1. The zero-order valence-electron chi connectivity index (χ0n) is 16.6. The summed E-state index contributed by atoms with van der Waals surface area (Å²) in [5, 5.41) is 3.32. The number of rotatable bonds is 4. The molecule has 32 heavy (non-hydrogen) atoms. The van der Waals surface area contributed by atoms with Crippen LogP contribution in [0.2, 0.25) is 5.02 Å². The van der Waals surface area contributed by atoms with Crippen LogP contribution in [0.15, 0.2) is 59.9 Å². The zero-order valence-corrected chi connectivity index (χ0v) is 17.4. The van der Waals surface area contributed by atoms with E-state index in [1.807, 2.05) is 0 Å². The van der Waals surface area contributed by atoms with E-state index in [-0.39, 0.29) is 16.1 Å². The third kappa shape index (κ3) is 3.18. The van der Waals surface area contributed by atoms with E-state index in [4.69, 9.17) is 11.6 Å². The van der Waals surface area contributed by atoms with Crippen molar-refractivity contribution < 1.29 is 8.78 Å². The standard InChI is InChI=1S/C22H15ClF2N6O/c1-11(30-21-19-20(27-9-26-19)28-10-29-21)16-8-12-6-7-14(25)18(23)17(12)22(32)31(16)15-5-3-2-4-13(15)24/h2-11H,1H3,(H2,26,27,28,29,30)/t11-/m0/s1. The molecule has 1 atom stereocenters. The third-order valence-electron chi connectivity index (χ3n) is 5.21. The SMILES string of the molecule is C[C@H](Nc1ncnc2[nH]cnc12)c1cc2ccc(F)c(Cl)c2c(=O)n1-c1ccccc1F. The Bertz CT molecular complexity index is 1550. The summed E-state index contributed by atoms with van der Waals surface area (Å²) in [6.07, 6.45) is 2.87. The minimum absolute atomic E-state index is 0.0241. The van der Waals surface area contributed by atoms with Crippen LogP contribution in [0.4, 0.5) is 14.6 Å². The van der Waals surface area contributed by atoms with E-state index in [9.17, 15) is 13.6 Å². The number of fused-ring (bicyclic) bond motifs is 2. The molecule has 0 unspecified atom stereocenters. The fourth-order valence-electron chi connectivity index (χ4n) is 3.71. The highest BCUT2D eigenvalue weighted by atomic mass is 35.5. The molecule has 10 heteroatoms. The Kier molecular flexibility index (Phi) is 4.82. The molecule has 0 bridgehead atoms. The predicted octanol–water partition coefficient (Wildman–Crippen LogP) is 4.76. The molecule has 0 fully saturated rings. The summed E-state index contributed by atoms with van der Waals surface area (Å²) in [7, 11) is 0. The second kappa shape index (κ2) is 7.69. The van der Waals surface area contributed by atoms with Gasteiger partial charge in [-0.1, -0.05) is 29.8 Å². The Morgan fingerprint density at radius 1 is 1.09 bits per heavy atom. The molecule has 0 aliphatic rings. The number of pyridine rings is 1. The quantitative estimate of drug-likeness (QED) is 0.410. The molecular formula is C22H15ClF2N6O. The van der Waals surface area contributed by atoms with Gasteiger partial charge in [0.05, 0.1) is 28.5 Å². The minimum Gasteiger partial charge on any atom is -0.360 e. The van der Waals surface area contributed by atoms with Crippen LogP contribution >= 0.6 is 11.6 Å². The van der Waals surface area contributed by atoms with Crippen molar-refractivity contribution in [1.82, 2.24) is 24.5 Å². The maximum Gasteiger partial charge on any atom is 0.264 e.